The van der Waals surface area contributed by atoms with Gasteiger partial charge in [-0.1, -0.05) is 29.8 Å². The number of nitrogens with zero attached hydrogens (tertiary/aromatic N) is 1. The SMILES string of the molecule is COc1ccc(S(=O)(=O)Nc2ccc(Cl)cc2NS(=O)(=O)c2cc3ccccc3o2)cn1. The first-order chi connectivity index (χ1) is 15.2. The lowest BCUT2D eigenvalue weighted by atomic mass is 10.3. The Morgan fingerprint density at radius 2 is 1.66 bits per heavy atom. The van der Waals surface area contributed by atoms with Gasteiger partial charge in [-0.3, -0.25) is 9.44 Å². The summed E-state index contributed by atoms with van der Waals surface area (Å²) in [5, 5.41) is 0.472. The molecular weight excluding hydrogens is 478 g/mol. The molecule has 0 spiro atoms. The van der Waals surface area contributed by atoms with Gasteiger partial charge in [-0.2, -0.15) is 8.42 Å². The number of benzene rings is 2. The Bertz CT molecular complexity index is 1470. The van der Waals surface area contributed by atoms with Crippen molar-refractivity contribution in [1.82, 2.24) is 4.98 Å². The number of anilines is 2. The van der Waals surface area contributed by atoms with Crippen LogP contribution in [0, 0.1) is 0 Å². The van der Waals surface area contributed by atoms with Crippen LogP contribution in [0.1, 0.15) is 0 Å². The van der Waals surface area contributed by atoms with E-state index in [1.807, 2.05) is 0 Å². The minimum Gasteiger partial charge on any atom is -0.481 e. The van der Waals surface area contributed by atoms with Crippen molar-refractivity contribution in [2.24, 2.45) is 0 Å². The van der Waals surface area contributed by atoms with Gasteiger partial charge in [0.15, 0.2) is 0 Å². The van der Waals surface area contributed by atoms with E-state index in [-0.39, 0.29) is 32.3 Å². The molecule has 9 nitrogen and oxygen atoms in total. The third-order valence-corrected chi connectivity index (χ3v) is 7.17. The molecule has 4 aromatic rings. The van der Waals surface area contributed by atoms with Gasteiger partial charge in [0.25, 0.3) is 20.0 Å². The molecule has 12 heteroatoms. The highest BCUT2D eigenvalue weighted by Gasteiger charge is 2.23. The molecule has 0 bridgehead atoms. The molecule has 2 heterocycles. The van der Waals surface area contributed by atoms with Crippen LogP contribution in [-0.2, 0) is 20.0 Å². The Hall–Kier alpha value is -3.28. The van der Waals surface area contributed by atoms with Gasteiger partial charge in [0.05, 0.1) is 24.7 Å². The zero-order valence-electron chi connectivity index (χ0n) is 16.4. The van der Waals surface area contributed by atoms with E-state index in [9.17, 15) is 16.8 Å². The monoisotopic (exact) mass is 493 g/mol. The maximum atomic E-state index is 12.9. The van der Waals surface area contributed by atoms with Crippen molar-refractivity contribution < 1.29 is 26.0 Å². The normalized spacial score (nSPS) is 11.9. The summed E-state index contributed by atoms with van der Waals surface area (Å²) in [4.78, 5) is 3.74. The molecule has 0 unspecified atom stereocenters. The lowest BCUT2D eigenvalue weighted by Crippen LogP contribution is -2.17. The summed E-state index contributed by atoms with van der Waals surface area (Å²) in [5.41, 5.74) is 0.278. The Morgan fingerprint density at radius 3 is 2.34 bits per heavy atom. The third-order valence-electron chi connectivity index (χ3n) is 4.37. The number of ether oxygens (including phenoxy) is 1. The number of hydrogen-bond donors (Lipinski definition) is 2. The van der Waals surface area contributed by atoms with Gasteiger partial charge in [0.1, 0.15) is 10.5 Å². The summed E-state index contributed by atoms with van der Waals surface area (Å²) in [6.07, 6.45) is 1.12. The van der Waals surface area contributed by atoms with Crippen LogP contribution in [0.5, 0.6) is 5.88 Å². The number of nitrogens with one attached hydrogen (secondary N) is 2. The zero-order chi connectivity index (χ0) is 22.9. The topological polar surface area (TPSA) is 128 Å². The van der Waals surface area contributed by atoms with Gasteiger partial charge >= 0.3 is 0 Å². The van der Waals surface area contributed by atoms with E-state index in [0.29, 0.717) is 11.0 Å². The van der Waals surface area contributed by atoms with Crippen LogP contribution >= 0.6 is 11.6 Å². The molecule has 2 aromatic carbocycles. The van der Waals surface area contributed by atoms with Crippen LogP contribution in [0.4, 0.5) is 11.4 Å². The van der Waals surface area contributed by atoms with Gasteiger partial charge in [0.2, 0.25) is 11.0 Å². The number of sulfonamides is 2. The molecule has 2 aromatic heterocycles. The molecule has 32 heavy (non-hydrogen) atoms. The molecule has 0 radical (unpaired) electrons. The van der Waals surface area contributed by atoms with Crippen LogP contribution in [-0.4, -0.2) is 28.9 Å². The second-order valence-electron chi connectivity index (χ2n) is 6.54. The summed E-state index contributed by atoms with van der Waals surface area (Å²) in [6, 6.07) is 14.9. The number of methoxy groups -OCH3 is 1. The van der Waals surface area contributed by atoms with Crippen molar-refractivity contribution in [3.05, 3.63) is 71.9 Å². The fourth-order valence-corrected chi connectivity index (χ4v) is 5.06. The first kappa shape index (κ1) is 21.9. The number of halogens is 1. The highest BCUT2D eigenvalue weighted by molar-refractivity contribution is 7.93. The highest BCUT2D eigenvalue weighted by atomic mass is 35.5. The summed E-state index contributed by atoms with van der Waals surface area (Å²) < 4.78 is 66.3. The van der Waals surface area contributed by atoms with Crippen LogP contribution in [0.25, 0.3) is 11.0 Å². The lowest BCUT2D eigenvalue weighted by molar-refractivity contribution is 0.397. The van der Waals surface area contributed by atoms with Crippen molar-refractivity contribution in [3.8, 4) is 5.88 Å². The summed E-state index contributed by atoms with van der Waals surface area (Å²) >= 11 is 6.02. The van der Waals surface area contributed by atoms with Crippen LogP contribution in [0.3, 0.4) is 0 Å². The maximum absolute atomic E-state index is 12.9. The van der Waals surface area contributed by atoms with Crippen molar-refractivity contribution in [2.75, 3.05) is 16.6 Å². The van der Waals surface area contributed by atoms with Gasteiger partial charge in [-0.15, -0.1) is 0 Å². The smallest absolute Gasteiger partial charge is 0.295 e. The molecule has 2 N–H and O–H groups in total. The molecule has 0 atom stereocenters. The van der Waals surface area contributed by atoms with Gasteiger partial charge in [-0.05, 0) is 30.3 Å². The fourth-order valence-electron chi connectivity index (χ4n) is 2.83. The number of hydrogen-bond acceptors (Lipinski definition) is 7. The summed E-state index contributed by atoms with van der Waals surface area (Å²) in [6.45, 7) is 0. The highest BCUT2D eigenvalue weighted by Crippen LogP contribution is 2.31. The summed E-state index contributed by atoms with van der Waals surface area (Å²) in [7, 11) is -6.86. The predicted molar refractivity (Wildman–Crippen MR) is 120 cm³/mol. The molecular formula is C20H16ClN3O6S2. The third kappa shape index (κ3) is 4.49. The van der Waals surface area contributed by atoms with Crippen molar-refractivity contribution >= 4 is 54.0 Å². The van der Waals surface area contributed by atoms with E-state index >= 15 is 0 Å². The number of fused-ring (bicyclic) bond motifs is 1. The minimum absolute atomic E-state index is 0.0371. The average Bonchev–Trinajstić information content (AvgIpc) is 3.21. The molecule has 166 valence electrons. The standard InChI is InChI=1S/C20H16ClN3O6S2/c1-29-19-9-7-15(12-22-19)31(25,26)23-16-8-6-14(21)11-17(16)24-32(27,28)20-10-13-4-2-3-5-18(13)30-20/h2-12,23-24H,1H3. The molecule has 0 aliphatic rings. The zero-order valence-corrected chi connectivity index (χ0v) is 18.8. The summed E-state index contributed by atoms with van der Waals surface area (Å²) in [5.74, 6) is 0.245. The fraction of sp³-hybridized carbons (Fsp3) is 0.0500. The largest absolute Gasteiger partial charge is 0.481 e. The lowest BCUT2D eigenvalue weighted by Gasteiger charge is -2.14. The van der Waals surface area contributed by atoms with E-state index < -0.39 is 20.0 Å². The van der Waals surface area contributed by atoms with E-state index in [1.54, 1.807) is 24.3 Å². The van der Waals surface area contributed by atoms with Gasteiger partial charge in [-0.25, -0.2) is 13.4 Å². The quantitative estimate of drug-likeness (QED) is 0.396. The van der Waals surface area contributed by atoms with Crippen molar-refractivity contribution in [2.45, 2.75) is 9.99 Å². The van der Waals surface area contributed by atoms with Crippen LogP contribution < -0.4 is 14.2 Å². The maximum Gasteiger partial charge on any atom is 0.295 e. The molecule has 4 rings (SSSR count). The molecule has 0 aliphatic carbocycles. The van der Waals surface area contributed by atoms with E-state index in [0.717, 1.165) is 6.20 Å². The first-order valence-corrected chi connectivity index (χ1v) is 12.4. The first-order valence-electron chi connectivity index (χ1n) is 9.02. The number of furan rings is 1. The second-order valence-corrected chi connectivity index (χ2v) is 10.3. The molecule has 0 saturated heterocycles. The number of pyridine rings is 1. The average molecular weight is 494 g/mol. The number of aromatic nitrogens is 1. The molecule has 0 amide bonds. The van der Waals surface area contributed by atoms with Gasteiger partial charge < -0.3 is 9.15 Å². The van der Waals surface area contributed by atoms with E-state index in [2.05, 4.69) is 14.4 Å². The Labute approximate surface area is 189 Å². The van der Waals surface area contributed by atoms with Crippen LogP contribution in [0.15, 0.2) is 81.3 Å². The van der Waals surface area contributed by atoms with Crippen molar-refractivity contribution in [1.29, 1.82) is 0 Å². The Kier molecular flexibility index (Phi) is 5.71. The predicted octanol–water partition coefficient (Wildman–Crippen LogP) is 4.09. The second kappa shape index (κ2) is 8.34. The number of para-hydroxylation sites is 1. The van der Waals surface area contributed by atoms with E-state index in [4.69, 9.17) is 20.8 Å². The van der Waals surface area contributed by atoms with E-state index in [1.165, 1.54) is 43.5 Å². The minimum atomic E-state index is -4.18. The van der Waals surface area contributed by atoms with Crippen molar-refractivity contribution in [3.63, 3.8) is 0 Å². The molecule has 0 aliphatic heterocycles. The molecule has 0 saturated carbocycles. The Morgan fingerprint density at radius 1 is 0.906 bits per heavy atom. The number of rotatable bonds is 7. The van der Waals surface area contributed by atoms with Crippen LogP contribution in [0.2, 0.25) is 5.02 Å². The van der Waals surface area contributed by atoms with Gasteiger partial charge in [0, 0.05) is 22.5 Å². The molecule has 0 fully saturated rings. The Balaban J connectivity index is 1.67.